The van der Waals surface area contributed by atoms with Crippen molar-refractivity contribution < 1.29 is 9.66 Å². The number of hydrogen-bond acceptors (Lipinski definition) is 4. The molecule has 21 heavy (non-hydrogen) atoms. The van der Waals surface area contributed by atoms with Crippen LogP contribution in [-0.4, -0.2) is 12.0 Å². The van der Waals surface area contributed by atoms with Crippen LogP contribution in [0.15, 0.2) is 40.9 Å². The Bertz CT molecular complexity index is 674. The molecule has 0 aromatic heterocycles. The molecule has 2 rings (SSSR count). The number of aryl methyl sites for hydroxylation is 1. The van der Waals surface area contributed by atoms with Gasteiger partial charge in [0.05, 0.1) is 18.1 Å². The molecule has 0 amide bonds. The van der Waals surface area contributed by atoms with E-state index in [1.165, 1.54) is 13.2 Å². The Kier molecular flexibility index (Phi) is 4.80. The van der Waals surface area contributed by atoms with Gasteiger partial charge in [0.1, 0.15) is 5.75 Å². The van der Waals surface area contributed by atoms with Crippen molar-refractivity contribution in [1.29, 1.82) is 0 Å². The summed E-state index contributed by atoms with van der Waals surface area (Å²) in [7, 11) is 1.50. The van der Waals surface area contributed by atoms with Crippen molar-refractivity contribution in [3.63, 3.8) is 0 Å². The molecule has 6 heteroatoms. The monoisotopic (exact) mass is 350 g/mol. The number of benzene rings is 2. The van der Waals surface area contributed by atoms with E-state index in [9.17, 15) is 10.1 Å². The largest absolute Gasteiger partial charge is 0.496 e. The van der Waals surface area contributed by atoms with Gasteiger partial charge >= 0.3 is 0 Å². The minimum absolute atomic E-state index is 0.0266. The molecule has 2 aromatic carbocycles. The molecule has 0 heterocycles. The highest BCUT2D eigenvalue weighted by atomic mass is 79.9. The molecule has 0 bridgehead atoms. The Hall–Kier alpha value is -2.08. The lowest BCUT2D eigenvalue weighted by atomic mass is 10.1. The maximum Gasteiger partial charge on any atom is 0.273 e. The first-order chi connectivity index (χ1) is 9.99. The number of nitro groups is 1. The van der Waals surface area contributed by atoms with Crippen LogP contribution in [0.5, 0.6) is 5.75 Å². The number of methoxy groups -OCH3 is 1. The van der Waals surface area contributed by atoms with Gasteiger partial charge in [-0.1, -0.05) is 15.9 Å². The van der Waals surface area contributed by atoms with E-state index in [0.717, 1.165) is 21.3 Å². The van der Waals surface area contributed by atoms with Crippen LogP contribution in [0.1, 0.15) is 11.1 Å². The highest BCUT2D eigenvalue weighted by Crippen LogP contribution is 2.24. The van der Waals surface area contributed by atoms with Crippen molar-refractivity contribution in [3.8, 4) is 5.75 Å². The zero-order valence-electron chi connectivity index (χ0n) is 11.7. The molecule has 0 saturated carbocycles. The van der Waals surface area contributed by atoms with Crippen molar-refractivity contribution >= 4 is 27.3 Å². The first-order valence-electron chi connectivity index (χ1n) is 6.32. The average molecular weight is 351 g/mol. The zero-order valence-corrected chi connectivity index (χ0v) is 13.3. The number of hydrogen-bond donors (Lipinski definition) is 1. The Morgan fingerprint density at radius 2 is 2.05 bits per heavy atom. The molecule has 0 spiro atoms. The summed E-state index contributed by atoms with van der Waals surface area (Å²) in [6.45, 7) is 2.49. The number of nitrogens with one attached hydrogen (secondary N) is 1. The van der Waals surface area contributed by atoms with Gasteiger partial charge in [-0.25, -0.2) is 0 Å². The molecule has 0 aliphatic rings. The third kappa shape index (κ3) is 3.95. The van der Waals surface area contributed by atoms with E-state index >= 15 is 0 Å². The number of rotatable bonds is 5. The topological polar surface area (TPSA) is 64.4 Å². The van der Waals surface area contributed by atoms with Crippen molar-refractivity contribution in [3.05, 3.63) is 62.1 Å². The van der Waals surface area contributed by atoms with Crippen molar-refractivity contribution in [1.82, 2.24) is 0 Å². The first kappa shape index (κ1) is 15.3. The quantitative estimate of drug-likeness (QED) is 0.645. The SMILES string of the molecule is COc1cc(CNc2ccc(Br)cc2C)cc([N+](=O)[O-])c1. The highest BCUT2D eigenvalue weighted by Gasteiger charge is 2.10. The highest BCUT2D eigenvalue weighted by molar-refractivity contribution is 9.10. The lowest BCUT2D eigenvalue weighted by molar-refractivity contribution is -0.385. The Labute approximate surface area is 131 Å². The normalized spacial score (nSPS) is 10.2. The van der Waals surface area contributed by atoms with E-state index in [-0.39, 0.29) is 5.69 Å². The standard InChI is InChI=1S/C15H15BrN2O3/c1-10-5-12(16)3-4-15(10)17-9-11-6-13(18(19)20)8-14(7-11)21-2/h3-8,17H,9H2,1-2H3. The predicted molar refractivity (Wildman–Crippen MR) is 85.9 cm³/mol. The zero-order chi connectivity index (χ0) is 15.4. The minimum atomic E-state index is -0.420. The molecule has 0 fully saturated rings. The molecule has 0 radical (unpaired) electrons. The van der Waals surface area contributed by atoms with E-state index in [1.54, 1.807) is 12.1 Å². The number of anilines is 1. The third-order valence-corrected chi connectivity index (χ3v) is 3.56. The summed E-state index contributed by atoms with van der Waals surface area (Å²) >= 11 is 3.42. The smallest absolute Gasteiger partial charge is 0.273 e. The second-order valence-electron chi connectivity index (χ2n) is 4.61. The predicted octanol–water partition coefficient (Wildman–Crippen LogP) is 4.29. The van der Waals surface area contributed by atoms with Crippen molar-refractivity contribution in [2.24, 2.45) is 0 Å². The fourth-order valence-electron chi connectivity index (χ4n) is 1.99. The van der Waals surface area contributed by atoms with E-state index < -0.39 is 4.92 Å². The molecule has 0 aliphatic heterocycles. The molecule has 110 valence electrons. The molecule has 0 aliphatic carbocycles. The fourth-order valence-corrected chi connectivity index (χ4v) is 2.47. The summed E-state index contributed by atoms with van der Waals surface area (Å²) in [4.78, 5) is 10.5. The Morgan fingerprint density at radius 3 is 2.67 bits per heavy atom. The Morgan fingerprint density at radius 1 is 1.29 bits per heavy atom. The number of non-ortho nitro benzene ring substituents is 1. The summed E-state index contributed by atoms with van der Waals surface area (Å²) in [5.41, 5.74) is 2.91. The van der Waals surface area contributed by atoms with E-state index in [4.69, 9.17) is 4.74 Å². The van der Waals surface area contributed by atoms with Gasteiger partial charge in [0.2, 0.25) is 0 Å². The molecule has 0 saturated heterocycles. The van der Waals surface area contributed by atoms with E-state index in [1.807, 2.05) is 25.1 Å². The average Bonchev–Trinajstić information content (AvgIpc) is 2.46. The van der Waals surface area contributed by atoms with E-state index in [2.05, 4.69) is 21.2 Å². The van der Waals surface area contributed by atoms with Crippen LogP contribution >= 0.6 is 15.9 Å². The lowest BCUT2D eigenvalue weighted by Gasteiger charge is -2.11. The summed E-state index contributed by atoms with van der Waals surface area (Å²) in [5, 5.41) is 14.2. The third-order valence-electron chi connectivity index (χ3n) is 3.07. The van der Waals surface area contributed by atoms with Crippen LogP contribution in [0, 0.1) is 17.0 Å². The van der Waals surface area contributed by atoms with Crippen LogP contribution in [0.3, 0.4) is 0 Å². The number of ether oxygens (including phenoxy) is 1. The molecule has 0 unspecified atom stereocenters. The van der Waals surface area contributed by atoms with Gasteiger partial charge < -0.3 is 10.1 Å². The lowest BCUT2D eigenvalue weighted by Crippen LogP contribution is -2.02. The van der Waals surface area contributed by atoms with Crippen LogP contribution in [0.2, 0.25) is 0 Å². The molecule has 1 N–H and O–H groups in total. The van der Waals surface area contributed by atoms with Gasteiger partial charge in [-0.2, -0.15) is 0 Å². The summed E-state index contributed by atoms with van der Waals surface area (Å²) in [6, 6.07) is 10.7. The van der Waals surface area contributed by atoms with Crippen molar-refractivity contribution in [2.75, 3.05) is 12.4 Å². The fraction of sp³-hybridized carbons (Fsp3) is 0.200. The van der Waals surface area contributed by atoms with Gasteiger partial charge in [0.25, 0.3) is 5.69 Å². The van der Waals surface area contributed by atoms with Gasteiger partial charge in [0, 0.05) is 22.8 Å². The van der Waals surface area contributed by atoms with Crippen LogP contribution in [-0.2, 0) is 6.54 Å². The van der Waals surface area contributed by atoms with Gasteiger partial charge in [-0.3, -0.25) is 10.1 Å². The van der Waals surface area contributed by atoms with Crippen LogP contribution in [0.4, 0.5) is 11.4 Å². The summed E-state index contributed by atoms with van der Waals surface area (Å²) in [6.07, 6.45) is 0. The maximum atomic E-state index is 10.9. The molecular weight excluding hydrogens is 336 g/mol. The molecule has 5 nitrogen and oxygen atoms in total. The molecule has 2 aromatic rings. The second-order valence-corrected chi connectivity index (χ2v) is 5.52. The minimum Gasteiger partial charge on any atom is -0.496 e. The van der Waals surface area contributed by atoms with Gasteiger partial charge in [-0.15, -0.1) is 0 Å². The molecular formula is C15H15BrN2O3. The number of nitro benzene ring substituents is 1. The molecule has 0 atom stereocenters. The van der Waals surface area contributed by atoms with Gasteiger partial charge in [0.15, 0.2) is 0 Å². The van der Waals surface area contributed by atoms with Crippen LogP contribution < -0.4 is 10.1 Å². The summed E-state index contributed by atoms with van der Waals surface area (Å²) in [5.74, 6) is 0.480. The Balaban J connectivity index is 2.19. The van der Waals surface area contributed by atoms with E-state index in [0.29, 0.717) is 12.3 Å². The summed E-state index contributed by atoms with van der Waals surface area (Å²) < 4.78 is 6.12. The van der Waals surface area contributed by atoms with Crippen molar-refractivity contribution in [2.45, 2.75) is 13.5 Å². The van der Waals surface area contributed by atoms with Crippen LogP contribution in [0.25, 0.3) is 0 Å². The van der Waals surface area contributed by atoms with Gasteiger partial charge in [-0.05, 0) is 42.3 Å². The second kappa shape index (κ2) is 6.58. The number of nitrogens with zero attached hydrogens (tertiary/aromatic N) is 1. The maximum absolute atomic E-state index is 10.9. The first-order valence-corrected chi connectivity index (χ1v) is 7.11. The number of halogens is 1.